The van der Waals surface area contributed by atoms with E-state index >= 15 is 0 Å². The van der Waals surface area contributed by atoms with Gasteiger partial charge >= 0.3 is 0 Å². The minimum atomic E-state index is 0.621. The van der Waals surface area contributed by atoms with Crippen LogP contribution in [0.15, 0.2) is 40.9 Å². The van der Waals surface area contributed by atoms with Gasteiger partial charge in [-0.2, -0.15) is 0 Å². The fraction of sp³-hybridized carbons (Fsp3) is 0.0714. The van der Waals surface area contributed by atoms with Crippen LogP contribution in [0.2, 0.25) is 5.02 Å². The Morgan fingerprint density at radius 3 is 2.79 bits per heavy atom. The number of halogens is 2. The number of nitrogen functional groups attached to an aromatic ring is 1. The first-order valence-electron chi connectivity index (χ1n) is 5.77. The van der Waals surface area contributed by atoms with Crippen LogP contribution in [0, 0.1) is 6.92 Å². The summed E-state index contributed by atoms with van der Waals surface area (Å²) in [6, 6.07) is 11.5. The van der Waals surface area contributed by atoms with Crippen molar-refractivity contribution in [3.63, 3.8) is 0 Å². The van der Waals surface area contributed by atoms with E-state index in [1.165, 1.54) is 0 Å². The van der Waals surface area contributed by atoms with Crippen molar-refractivity contribution in [3.8, 4) is 11.3 Å². The topological polar surface area (TPSA) is 43.3 Å². The van der Waals surface area contributed by atoms with Gasteiger partial charge in [-0.1, -0.05) is 33.6 Å². The lowest BCUT2D eigenvalue weighted by Gasteiger charge is -2.04. The Kier molecular flexibility index (Phi) is 2.99. The first-order valence-corrected chi connectivity index (χ1v) is 6.94. The largest absolute Gasteiger partial charge is 0.383 e. The molecule has 0 atom stereocenters. The van der Waals surface area contributed by atoms with E-state index in [0.717, 1.165) is 27.1 Å². The molecule has 0 spiro atoms. The van der Waals surface area contributed by atoms with E-state index < -0.39 is 0 Å². The molecule has 0 aliphatic rings. The van der Waals surface area contributed by atoms with Gasteiger partial charge < -0.3 is 5.73 Å². The van der Waals surface area contributed by atoms with E-state index in [-0.39, 0.29) is 0 Å². The first-order chi connectivity index (χ1) is 9.08. The van der Waals surface area contributed by atoms with Crippen molar-refractivity contribution in [2.45, 2.75) is 6.92 Å². The second-order valence-electron chi connectivity index (χ2n) is 4.33. The molecular formula is C14H11BrClN3. The summed E-state index contributed by atoms with van der Waals surface area (Å²) < 4.78 is 2.85. The van der Waals surface area contributed by atoms with Gasteiger partial charge in [-0.05, 0) is 37.3 Å². The summed E-state index contributed by atoms with van der Waals surface area (Å²) in [7, 11) is 0. The summed E-state index contributed by atoms with van der Waals surface area (Å²) in [5.41, 5.74) is 9.74. The molecule has 2 aromatic heterocycles. The van der Waals surface area contributed by atoms with Crippen LogP contribution in [0.3, 0.4) is 0 Å². The highest BCUT2D eigenvalue weighted by Crippen LogP contribution is 2.34. The molecule has 3 nitrogen and oxygen atoms in total. The first kappa shape index (κ1) is 12.5. The molecule has 2 heterocycles. The zero-order valence-corrected chi connectivity index (χ0v) is 12.5. The summed E-state index contributed by atoms with van der Waals surface area (Å²) in [6.07, 6.45) is 0. The molecule has 0 radical (unpaired) electrons. The van der Waals surface area contributed by atoms with Crippen LogP contribution < -0.4 is 5.73 Å². The summed E-state index contributed by atoms with van der Waals surface area (Å²) in [6.45, 7) is 2.00. The minimum absolute atomic E-state index is 0.621. The Hall–Kier alpha value is -1.52. The van der Waals surface area contributed by atoms with Crippen molar-refractivity contribution in [2.75, 3.05) is 5.73 Å². The van der Waals surface area contributed by atoms with Gasteiger partial charge in [0.2, 0.25) is 0 Å². The number of benzene rings is 1. The maximum atomic E-state index is 6.23. The number of aromatic nitrogens is 2. The van der Waals surface area contributed by atoms with Gasteiger partial charge in [-0.15, -0.1) is 0 Å². The van der Waals surface area contributed by atoms with Crippen LogP contribution in [-0.2, 0) is 0 Å². The van der Waals surface area contributed by atoms with E-state index in [1.54, 1.807) is 0 Å². The van der Waals surface area contributed by atoms with Gasteiger partial charge in [0.1, 0.15) is 17.2 Å². The van der Waals surface area contributed by atoms with Gasteiger partial charge in [0.15, 0.2) is 0 Å². The average molecular weight is 337 g/mol. The van der Waals surface area contributed by atoms with E-state index in [1.807, 2.05) is 47.7 Å². The highest BCUT2D eigenvalue weighted by atomic mass is 79.9. The van der Waals surface area contributed by atoms with Gasteiger partial charge in [0, 0.05) is 20.8 Å². The number of aryl methyl sites for hydroxylation is 1. The molecule has 3 aromatic rings. The van der Waals surface area contributed by atoms with E-state index in [2.05, 4.69) is 20.9 Å². The third kappa shape index (κ3) is 2.01. The highest BCUT2D eigenvalue weighted by molar-refractivity contribution is 9.10. The smallest absolute Gasteiger partial charge is 0.139 e. The number of rotatable bonds is 1. The third-order valence-corrected chi connectivity index (χ3v) is 3.98. The average Bonchev–Trinajstić information content (AvgIpc) is 2.71. The fourth-order valence-electron chi connectivity index (χ4n) is 2.16. The van der Waals surface area contributed by atoms with Crippen molar-refractivity contribution in [2.24, 2.45) is 0 Å². The van der Waals surface area contributed by atoms with Crippen LogP contribution >= 0.6 is 27.5 Å². The van der Waals surface area contributed by atoms with Gasteiger partial charge in [0.25, 0.3) is 0 Å². The van der Waals surface area contributed by atoms with Crippen LogP contribution in [0.4, 0.5) is 5.82 Å². The predicted octanol–water partition coefficient (Wildman–Crippen LogP) is 4.31. The highest BCUT2D eigenvalue weighted by Gasteiger charge is 2.15. The van der Waals surface area contributed by atoms with Gasteiger partial charge in [-0.25, -0.2) is 4.98 Å². The predicted molar refractivity (Wildman–Crippen MR) is 82.5 cm³/mol. The number of hydrogen-bond acceptors (Lipinski definition) is 2. The van der Waals surface area contributed by atoms with Crippen molar-refractivity contribution in [3.05, 3.63) is 51.6 Å². The third-order valence-electron chi connectivity index (χ3n) is 3.06. The lowest BCUT2D eigenvalue weighted by molar-refractivity contribution is 1.10. The molecule has 2 N–H and O–H groups in total. The van der Waals surface area contributed by atoms with Crippen LogP contribution in [-0.4, -0.2) is 9.38 Å². The number of nitrogens with two attached hydrogens (primary N) is 1. The number of anilines is 1. The van der Waals surface area contributed by atoms with E-state index in [9.17, 15) is 0 Å². The van der Waals surface area contributed by atoms with Crippen molar-refractivity contribution in [1.29, 1.82) is 0 Å². The van der Waals surface area contributed by atoms with Crippen molar-refractivity contribution < 1.29 is 0 Å². The standard InChI is InChI=1S/C14H11BrClN3/c1-8-3-2-4-12-18-13(14(17)19(8)12)10-7-9(16)5-6-11(10)15/h2-7H,17H2,1H3. The summed E-state index contributed by atoms with van der Waals surface area (Å²) in [4.78, 5) is 4.59. The number of imidazole rings is 1. The number of hydrogen-bond donors (Lipinski definition) is 1. The van der Waals surface area contributed by atoms with E-state index in [4.69, 9.17) is 17.3 Å². The summed E-state index contributed by atoms with van der Waals surface area (Å²) >= 11 is 9.57. The Bertz CT molecular complexity index is 780. The molecule has 0 amide bonds. The minimum Gasteiger partial charge on any atom is -0.383 e. The zero-order valence-electron chi connectivity index (χ0n) is 10.2. The molecule has 1 aromatic carbocycles. The number of pyridine rings is 1. The Morgan fingerprint density at radius 1 is 1.26 bits per heavy atom. The molecule has 5 heteroatoms. The van der Waals surface area contributed by atoms with Gasteiger partial charge in [-0.3, -0.25) is 4.40 Å². The molecule has 0 bridgehead atoms. The Balaban J connectivity index is 2.34. The molecule has 0 unspecified atom stereocenters. The molecule has 0 aliphatic heterocycles. The Labute approximate surface area is 124 Å². The molecule has 96 valence electrons. The molecule has 0 saturated heterocycles. The maximum absolute atomic E-state index is 6.23. The molecule has 3 rings (SSSR count). The molecule has 0 saturated carbocycles. The SMILES string of the molecule is Cc1cccc2nc(-c3cc(Cl)ccc3Br)c(N)n12. The summed E-state index contributed by atoms with van der Waals surface area (Å²) in [5.74, 6) is 0.621. The van der Waals surface area contributed by atoms with Crippen LogP contribution in [0.1, 0.15) is 5.69 Å². The van der Waals surface area contributed by atoms with Crippen LogP contribution in [0.25, 0.3) is 16.9 Å². The lowest BCUT2D eigenvalue weighted by atomic mass is 10.1. The molecular weight excluding hydrogens is 326 g/mol. The fourth-order valence-corrected chi connectivity index (χ4v) is 2.77. The lowest BCUT2D eigenvalue weighted by Crippen LogP contribution is -1.97. The second-order valence-corrected chi connectivity index (χ2v) is 5.62. The zero-order chi connectivity index (χ0) is 13.6. The normalized spacial score (nSPS) is 11.1. The van der Waals surface area contributed by atoms with Gasteiger partial charge in [0.05, 0.1) is 0 Å². The number of nitrogens with zero attached hydrogens (tertiary/aromatic N) is 2. The number of fused-ring (bicyclic) bond motifs is 1. The Morgan fingerprint density at radius 2 is 2.05 bits per heavy atom. The van der Waals surface area contributed by atoms with Crippen LogP contribution in [0.5, 0.6) is 0 Å². The van der Waals surface area contributed by atoms with Crippen molar-refractivity contribution in [1.82, 2.24) is 9.38 Å². The molecule has 0 aliphatic carbocycles. The van der Waals surface area contributed by atoms with Crippen molar-refractivity contribution >= 4 is 39.0 Å². The quantitative estimate of drug-likeness (QED) is 0.719. The molecule has 19 heavy (non-hydrogen) atoms. The second kappa shape index (κ2) is 4.54. The molecule has 0 fully saturated rings. The van der Waals surface area contributed by atoms with E-state index in [0.29, 0.717) is 10.8 Å². The summed E-state index contributed by atoms with van der Waals surface area (Å²) in [5, 5.41) is 0.659. The maximum Gasteiger partial charge on any atom is 0.139 e. The monoisotopic (exact) mass is 335 g/mol.